The molecular formula is C21H28NO4P. The summed E-state index contributed by atoms with van der Waals surface area (Å²) in [6, 6.07) is 18.7. The van der Waals surface area contributed by atoms with Crippen LogP contribution < -0.4 is 5.32 Å². The van der Waals surface area contributed by atoms with E-state index >= 15 is 0 Å². The first-order valence-corrected chi connectivity index (χ1v) is 11.1. The van der Waals surface area contributed by atoms with E-state index < -0.39 is 19.2 Å². The molecule has 0 heterocycles. The normalized spacial score (nSPS) is 14.4. The monoisotopic (exact) mass is 389 g/mol. The topological polar surface area (TPSA) is 75.6 Å². The Morgan fingerprint density at radius 3 is 2.15 bits per heavy atom. The molecule has 0 aromatic heterocycles. The van der Waals surface area contributed by atoms with Crippen LogP contribution in [0.4, 0.5) is 4.79 Å². The van der Waals surface area contributed by atoms with Crippen LogP contribution in [0.2, 0.25) is 0 Å². The Hall–Kier alpha value is -2.10. The quantitative estimate of drug-likeness (QED) is 0.604. The van der Waals surface area contributed by atoms with Gasteiger partial charge >= 0.3 is 6.09 Å². The van der Waals surface area contributed by atoms with Gasteiger partial charge in [0.1, 0.15) is 12.4 Å². The zero-order valence-electron chi connectivity index (χ0n) is 15.9. The molecule has 146 valence electrons. The summed E-state index contributed by atoms with van der Waals surface area (Å²) < 4.78 is 18.2. The highest BCUT2D eigenvalue weighted by Crippen LogP contribution is 2.47. The van der Waals surface area contributed by atoms with E-state index in [0.29, 0.717) is 12.3 Å². The lowest BCUT2D eigenvalue weighted by Gasteiger charge is -2.25. The van der Waals surface area contributed by atoms with E-state index in [9.17, 15) is 14.3 Å². The first kappa shape index (κ1) is 21.2. The number of alkyl carbamates (subject to hydrolysis) is 1. The molecule has 0 bridgehead atoms. The Labute approximate surface area is 161 Å². The number of rotatable bonds is 9. The molecule has 2 N–H and O–H groups in total. The van der Waals surface area contributed by atoms with E-state index in [1.165, 1.54) is 0 Å². The van der Waals surface area contributed by atoms with Gasteiger partial charge in [-0.1, -0.05) is 74.5 Å². The average Bonchev–Trinajstić information content (AvgIpc) is 2.66. The Morgan fingerprint density at radius 1 is 1.04 bits per heavy atom. The number of hydrogen-bond acceptors (Lipinski definition) is 3. The number of nitrogens with one attached hydrogen (secondary N) is 1. The second-order valence-electron chi connectivity index (χ2n) is 7.07. The molecular weight excluding hydrogens is 361 g/mol. The number of amides is 1. The molecule has 1 amide bonds. The lowest BCUT2D eigenvalue weighted by molar-refractivity contribution is 0.138. The van der Waals surface area contributed by atoms with E-state index in [4.69, 9.17) is 4.74 Å². The first-order chi connectivity index (χ1) is 12.9. The van der Waals surface area contributed by atoms with Gasteiger partial charge in [0.15, 0.2) is 0 Å². The minimum absolute atomic E-state index is 0.118. The van der Waals surface area contributed by atoms with Crippen LogP contribution in [0.5, 0.6) is 0 Å². The van der Waals surface area contributed by atoms with Gasteiger partial charge in [-0.15, -0.1) is 0 Å². The molecule has 2 aromatic carbocycles. The summed E-state index contributed by atoms with van der Waals surface area (Å²) in [6.45, 7) is 4.13. The van der Waals surface area contributed by atoms with Crippen molar-refractivity contribution in [2.45, 2.75) is 39.1 Å². The highest BCUT2D eigenvalue weighted by Gasteiger charge is 2.32. The first-order valence-electron chi connectivity index (χ1n) is 9.19. The third kappa shape index (κ3) is 7.58. The highest BCUT2D eigenvalue weighted by atomic mass is 31.2. The van der Waals surface area contributed by atoms with Crippen LogP contribution in [-0.4, -0.2) is 22.9 Å². The van der Waals surface area contributed by atoms with Gasteiger partial charge in [-0.25, -0.2) is 4.79 Å². The van der Waals surface area contributed by atoms with Gasteiger partial charge in [0, 0.05) is 12.6 Å². The van der Waals surface area contributed by atoms with Crippen LogP contribution in [-0.2, 0) is 22.3 Å². The van der Waals surface area contributed by atoms with Gasteiger partial charge < -0.3 is 14.9 Å². The van der Waals surface area contributed by atoms with Crippen molar-refractivity contribution in [3.8, 4) is 0 Å². The van der Waals surface area contributed by atoms with Crippen molar-refractivity contribution >= 4 is 13.5 Å². The maximum Gasteiger partial charge on any atom is 0.408 e. The van der Waals surface area contributed by atoms with Crippen LogP contribution in [0.25, 0.3) is 0 Å². The molecule has 0 radical (unpaired) electrons. The van der Waals surface area contributed by atoms with Gasteiger partial charge in [0.25, 0.3) is 0 Å². The molecule has 0 saturated heterocycles. The summed E-state index contributed by atoms with van der Waals surface area (Å²) in [5, 5.41) is 2.63. The molecule has 0 aliphatic heterocycles. The third-order valence-electron chi connectivity index (χ3n) is 4.28. The Morgan fingerprint density at radius 2 is 1.59 bits per heavy atom. The molecule has 2 rings (SSSR count). The standard InChI is InChI=1S/C21H28NO4P/c1-17(2)13-14-27(24,25)20(15-18-9-5-3-6-10-18)22-21(23)26-16-19-11-7-4-8-12-19/h3-12,17,20H,13-16H2,1-2H3,(H,22,23)(H,24,25). The van der Waals surface area contributed by atoms with Crippen LogP contribution in [0, 0.1) is 5.92 Å². The highest BCUT2D eigenvalue weighted by molar-refractivity contribution is 7.58. The maximum absolute atomic E-state index is 12.9. The lowest BCUT2D eigenvalue weighted by Crippen LogP contribution is -2.37. The molecule has 0 fully saturated rings. The largest absolute Gasteiger partial charge is 0.445 e. The Kier molecular flexibility index (Phi) is 8.08. The van der Waals surface area contributed by atoms with Crippen LogP contribution in [0.15, 0.2) is 60.7 Å². The van der Waals surface area contributed by atoms with E-state index in [0.717, 1.165) is 11.1 Å². The molecule has 2 atom stereocenters. The second-order valence-corrected chi connectivity index (χ2v) is 9.66. The molecule has 0 aliphatic carbocycles. The maximum atomic E-state index is 12.9. The molecule has 0 aliphatic rings. The number of carbonyl (C=O) groups excluding carboxylic acids is 1. The van der Waals surface area contributed by atoms with Crippen molar-refractivity contribution in [1.29, 1.82) is 0 Å². The molecule has 5 nitrogen and oxygen atoms in total. The fraction of sp³-hybridized carbons (Fsp3) is 0.381. The summed E-state index contributed by atoms with van der Waals surface area (Å²) in [6.07, 6.45) is 0.396. The fourth-order valence-corrected chi connectivity index (χ4v) is 4.63. The SMILES string of the molecule is CC(C)CCP(=O)(O)C(Cc1ccccc1)NC(=O)OCc1ccccc1. The predicted octanol–water partition coefficient (Wildman–Crippen LogP) is 4.80. The molecule has 2 unspecified atom stereocenters. The smallest absolute Gasteiger partial charge is 0.408 e. The van der Waals surface area contributed by atoms with E-state index in [1.807, 2.05) is 74.5 Å². The van der Waals surface area contributed by atoms with E-state index in [2.05, 4.69) is 5.32 Å². The van der Waals surface area contributed by atoms with Crippen LogP contribution in [0.3, 0.4) is 0 Å². The van der Waals surface area contributed by atoms with Crippen molar-refractivity contribution in [3.05, 3.63) is 71.8 Å². The van der Waals surface area contributed by atoms with E-state index in [1.54, 1.807) is 0 Å². The molecule has 27 heavy (non-hydrogen) atoms. The molecule has 0 spiro atoms. The summed E-state index contributed by atoms with van der Waals surface area (Å²) in [4.78, 5) is 22.8. The number of carbonyl (C=O) groups is 1. The molecule has 6 heteroatoms. The zero-order chi connectivity index (χ0) is 19.7. The van der Waals surface area contributed by atoms with E-state index in [-0.39, 0.29) is 19.2 Å². The zero-order valence-corrected chi connectivity index (χ0v) is 16.8. The lowest BCUT2D eigenvalue weighted by atomic mass is 10.1. The summed E-state index contributed by atoms with van der Waals surface area (Å²) in [7, 11) is -3.58. The van der Waals surface area contributed by atoms with Crippen molar-refractivity contribution in [1.82, 2.24) is 5.32 Å². The summed E-state index contributed by atoms with van der Waals surface area (Å²) >= 11 is 0. The second kappa shape index (κ2) is 10.3. The van der Waals surface area contributed by atoms with Crippen molar-refractivity contribution in [2.75, 3.05) is 6.16 Å². The fourth-order valence-electron chi connectivity index (χ4n) is 2.63. The van der Waals surface area contributed by atoms with Crippen molar-refractivity contribution in [3.63, 3.8) is 0 Å². The number of ether oxygens (including phenoxy) is 1. The van der Waals surface area contributed by atoms with Crippen molar-refractivity contribution < 1.29 is 19.0 Å². The van der Waals surface area contributed by atoms with Crippen molar-refractivity contribution in [2.24, 2.45) is 5.92 Å². The minimum Gasteiger partial charge on any atom is -0.445 e. The summed E-state index contributed by atoms with van der Waals surface area (Å²) in [5.74, 6) is -0.560. The Bertz CT molecular complexity index is 749. The van der Waals surface area contributed by atoms with Gasteiger partial charge in [-0.2, -0.15) is 0 Å². The minimum atomic E-state index is -3.58. The average molecular weight is 389 g/mol. The molecule has 0 saturated carbocycles. The predicted molar refractivity (Wildman–Crippen MR) is 108 cm³/mol. The van der Waals surface area contributed by atoms with Crippen LogP contribution in [0.1, 0.15) is 31.4 Å². The van der Waals surface area contributed by atoms with Gasteiger partial charge in [-0.05, 0) is 23.5 Å². The van der Waals surface area contributed by atoms with Gasteiger partial charge in [-0.3, -0.25) is 4.57 Å². The number of benzene rings is 2. The third-order valence-corrected chi connectivity index (χ3v) is 6.47. The number of hydrogen-bond donors (Lipinski definition) is 2. The molecule has 2 aromatic rings. The van der Waals surface area contributed by atoms with Crippen LogP contribution >= 0.6 is 7.37 Å². The van der Waals surface area contributed by atoms with Gasteiger partial charge in [0.2, 0.25) is 7.37 Å². The van der Waals surface area contributed by atoms with Gasteiger partial charge in [0.05, 0.1) is 0 Å². The Balaban J connectivity index is 2.04. The summed E-state index contributed by atoms with van der Waals surface area (Å²) in [5.41, 5.74) is 1.75.